The van der Waals surface area contributed by atoms with E-state index < -0.39 is 0 Å². The molecule has 2 amide bonds. The molecule has 1 aromatic heterocycles. The summed E-state index contributed by atoms with van der Waals surface area (Å²) in [5.41, 5.74) is 1.27. The van der Waals surface area contributed by atoms with Crippen LogP contribution in [0.3, 0.4) is 0 Å². The third-order valence-corrected chi connectivity index (χ3v) is 4.66. The van der Waals surface area contributed by atoms with Gasteiger partial charge in [0.1, 0.15) is 5.82 Å². The Hall–Kier alpha value is -2.74. The molecule has 0 bridgehead atoms. The monoisotopic (exact) mass is 373 g/mol. The first-order valence-electron chi connectivity index (χ1n) is 9.08. The smallest absolute Gasteiger partial charge is 0.237 e. The van der Waals surface area contributed by atoms with Crippen LogP contribution in [0.2, 0.25) is 0 Å². The number of imidazole rings is 1. The number of carbonyl (C=O) groups is 2. The Bertz CT molecular complexity index is 780. The summed E-state index contributed by atoms with van der Waals surface area (Å²) in [6.07, 6.45) is 3.82. The number of nitrogens with one attached hydrogen (secondary N) is 3. The fraction of sp³-hybridized carbons (Fsp3) is 0.421. The second kappa shape index (κ2) is 8.77. The zero-order valence-electron chi connectivity index (χ0n) is 15.2. The van der Waals surface area contributed by atoms with Crippen LogP contribution in [0.1, 0.15) is 24.6 Å². The number of nitrogens with zero attached hydrogens (tertiary/aromatic N) is 2. The molecule has 3 rings (SSSR count). The second-order valence-corrected chi connectivity index (χ2v) is 6.68. The molecule has 0 unspecified atom stereocenters. The third-order valence-electron chi connectivity index (χ3n) is 4.66. The van der Waals surface area contributed by atoms with E-state index in [1.54, 1.807) is 30.7 Å². The van der Waals surface area contributed by atoms with Crippen molar-refractivity contribution in [2.75, 3.05) is 13.1 Å². The molecule has 1 fully saturated rings. The molecule has 0 saturated carbocycles. The van der Waals surface area contributed by atoms with E-state index >= 15 is 0 Å². The first kappa shape index (κ1) is 19.0. The van der Waals surface area contributed by atoms with Gasteiger partial charge in [0.05, 0.1) is 18.8 Å². The van der Waals surface area contributed by atoms with Crippen molar-refractivity contribution < 1.29 is 14.0 Å². The van der Waals surface area contributed by atoms with Crippen LogP contribution in [0.4, 0.5) is 4.39 Å². The van der Waals surface area contributed by atoms with Crippen molar-refractivity contribution in [3.8, 4) is 0 Å². The molecular formula is C19H24FN5O2. The normalized spacial score (nSPS) is 19.8. The van der Waals surface area contributed by atoms with Crippen molar-refractivity contribution in [1.82, 2.24) is 25.5 Å². The molecule has 1 aliphatic heterocycles. The minimum Gasteiger partial charge on any atom is -0.355 e. The predicted octanol–water partition coefficient (Wildman–Crippen LogP) is 0.987. The zero-order chi connectivity index (χ0) is 19.2. The van der Waals surface area contributed by atoms with Gasteiger partial charge >= 0.3 is 0 Å². The van der Waals surface area contributed by atoms with Gasteiger partial charge in [-0.1, -0.05) is 18.2 Å². The maximum Gasteiger partial charge on any atom is 0.237 e. The second-order valence-electron chi connectivity index (χ2n) is 6.68. The lowest BCUT2D eigenvalue weighted by Gasteiger charge is -2.22. The van der Waals surface area contributed by atoms with Crippen LogP contribution in [0.15, 0.2) is 36.8 Å². The van der Waals surface area contributed by atoms with Crippen molar-refractivity contribution in [3.63, 3.8) is 0 Å². The summed E-state index contributed by atoms with van der Waals surface area (Å²) < 4.78 is 13.7. The molecule has 1 aromatic carbocycles. The number of amides is 2. The fourth-order valence-electron chi connectivity index (χ4n) is 3.43. The Labute approximate surface area is 157 Å². The summed E-state index contributed by atoms with van der Waals surface area (Å²) >= 11 is 0. The van der Waals surface area contributed by atoms with E-state index in [4.69, 9.17) is 0 Å². The Kier molecular flexibility index (Phi) is 6.18. The number of hydrogen-bond donors (Lipinski definition) is 3. The zero-order valence-corrected chi connectivity index (χ0v) is 15.2. The molecule has 144 valence electrons. The first-order chi connectivity index (χ1) is 13.1. The standard InChI is InChI=1S/C19H24FN5O2/c1-2-22-19(27)17-8-14(10-25(17)11-15-9-21-12-23-15)24-18(26)7-13-5-3-4-6-16(13)20/h3-6,9,12,14,17H,2,7-8,10-11H2,1H3,(H,21,23)(H,22,27)(H,24,26)/t14-,17-/m0/s1. The molecule has 7 nitrogen and oxygen atoms in total. The molecule has 2 atom stereocenters. The van der Waals surface area contributed by atoms with Gasteiger partial charge < -0.3 is 15.6 Å². The maximum atomic E-state index is 13.7. The Morgan fingerprint density at radius 2 is 2.19 bits per heavy atom. The number of benzene rings is 1. The van der Waals surface area contributed by atoms with Gasteiger partial charge in [0, 0.05) is 37.6 Å². The van der Waals surface area contributed by atoms with Crippen LogP contribution in [0, 0.1) is 5.82 Å². The van der Waals surface area contributed by atoms with Gasteiger partial charge in [0.15, 0.2) is 0 Å². The fourth-order valence-corrected chi connectivity index (χ4v) is 3.43. The summed E-state index contributed by atoms with van der Waals surface area (Å²) in [6, 6.07) is 5.75. The maximum absolute atomic E-state index is 13.7. The molecule has 0 aliphatic carbocycles. The first-order valence-corrected chi connectivity index (χ1v) is 9.08. The topological polar surface area (TPSA) is 90.1 Å². The Balaban J connectivity index is 1.62. The van der Waals surface area contributed by atoms with E-state index in [1.165, 1.54) is 6.07 Å². The van der Waals surface area contributed by atoms with Gasteiger partial charge in [-0.3, -0.25) is 14.5 Å². The molecular weight excluding hydrogens is 349 g/mol. The van der Waals surface area contributed by atoms with Crippen LogP contribution in [0.25, 0.3) is 0 Å². The molecule has 1 saturated heterocycles. The van der Waals surface area contributed by atoms with E-state index in [1.807, 2.05) is 11.8 Å². The van der Waals surface area contributed by atoms with Gasteiger partial charge in [-0.05, 0) is 25.0 Å². The van der Waals surface area contributed by atoms with Crippen molar-refractivity contribution in [1.29, 1.82) is 0 Å². The summed E-state index contributed by atoms with van der Waals surface area (Å²) in [5, 5.41) is 5.79. The lowest BCUT2D eigenvalue weighted by atomic mass is 10.1. The quantitative estimate of drug-likeness (QED) is 0.675. The molecule has 8 heteroatoms. The summed E-state index contributed by atoms with van der Waals surface area (Å²) in [6.45, 7) is 3.52. The molecule has 3 N–H and O–H groups in total. The Morgan fingerprint density at radius 3 is 2.89 bits per heavy atom. The van der Waals surface area contributed by atoms with E-state index in [0.717, 1.165) is 5.69 Å². The van der Waals surface area contributed by atoms with Gasteiger partial charge in [-0.15, -0.1) is 0 Å². The molecule has 0 spiro atoms. The number of carbonyl (C=O) groups excluding carboxylic acids is 2. The highest BCUT2D eigenvalue weighted by molar-refractivity contribution is 5.83. The average molecular weight is 373 g/mol. The summed E-state index contributed by atoms with van der Waals surface area (Å²) in [7, 11) is 0. The summed E-state index contributed by atoms with van der Waals surface area (Å²) in [4.78, 5) is 33.8. The SMILES string of the molecule is CCNC(=O)[C@@H]1C[C@H](NC(=O)Cc2ccccc2F)CN1Cc1cnc[nH]1. The molecule has 2 aromatic rings. The predicted molar refractivity (Wildman–Crippen MR) is 98.1 cm³/mol. The lowest BCUT2D eigenvalue weighted by Crippen LogP contribution is -2.42. The van der Waals surface area contributed by atoms with E-state index in [0.29, 0.717) is 31.6 Å². The molecule has 0 radical (unpaired) electrons. The molecule has 1 aliphatic rings. The van der Waals surface area contributed by atoms with E-state index in [-0.39, 0.29) is 36.1 Å². The highest BCUT2D eigenvalue weighted by atomic mass is 19.1. The van der Waals surface area contributed by atoms with Crippen molar-refractivity contribution in [2.24, 2.45) is 0 Å². The minimum atomic E-state index is -0.389. The number of likely N-dealkylation sites (tertiary alicyclic amines) is 1. The van der Waals surface area contributed by atoms with Crippen molar-refractivity contribution in [2.45, 2.75) is 38.4 Å². The lowest BCUT2D eigenvalue weighted by molar-refractivity contribution is -0.125. The van der Waals surface area contributed by atoms with Crippen molar-refractivity contribution in [3.05, 3.63) is 53.9 Å². The number of hydrogen-bond acceptors (Lipinski definition) is 4. The highest BCUT2D eigenvalue weighted by Gasteiger charge is 2.37. The van der Waals surface area contributed by atoms with Crippen LogP contribution >= 0.6 is 0 Å². The molecule has 27 heavy (non-hydrogen) atoms. The number of likely N-dealkylation sites (N-methyl/N-ethyl adjacent to an activating group) is 1. The van der Waals surface area contributed by atoms with E-state index in [9.17, 15) is 14.0 Å². The minimum absolute atomic E-state index is 0.0183. The van der Waals surface area contributed by atoms with E-state index in [2.05, 4.69) is 20.6 Å². The number of halogens is 1. The number of aromatic nitrogens is 2. The average Bonchev–Trinajstić information content (AvgIpc) is 3.27. The van der Waals surface area contributed by atoms with Crippen LogP contribution < -0.4 is 10.6 Å². The highest BCUT2D eigenvalue weighted by Crippen LogP contribution is 2.21. The van der Waals surface area contributed by atoms with Gasteiger partial charge in [-0.25, -0.2) is 9.37 Å². The van der Waals surface area contributed by atoms with Gasteiger partial charge in [0.25, 0.3) is 0 Å². The number of rotatable bonds is 7. The Morgan fingerprint density at radius 1 is 1.37 bits per heavy atom. The number of H-pyrrole nitrogens is 1. The summed E-state index contributed by atoms with van der Waals surface area (Å²) in [5.74, 6) is -0.689. The van der Waals surface area contributed by atoms with Gasteiger partial charge in [0.2, 0.25) is 11.8 Å². The molecule has 2 heterocycles. The largest absolute Gasteiger partial charge is 0.355 e. The van der Waals surface area contributed by atoms with Crippen LogP contribution in [-0.2, 0) is 22.6 Å². The number of aromatic amines is 1. The van der Waals surface area contributed by atoms with Crippen LogP contribution in [0.5, 0.6) is 0 Å². The van der Waals surface area contributed by atoms with Crippen LogP contribution in [-0.4, -0.2) is 51.9 Å². The van der Waals surface area contributed by atoms with Gasteiger partial charge in [-0.2, -0.15) is 0 Å². The third kappa shape index (κ3) is 4.91. The van der Waals surface area contributed by atoms with Crippen molar-refractivity contribution >= 4 is 11.8 Å².